The fourth-order valence-corrected chi connectivity index (χ4v) is 3.54. The minimum absolute atomic E-state index is 0.0315. The normalized spacial score (nSPS) is 17.7. The van der Waals surface area contributed by atoms with Crippen LogP contribution in [0.2, 0.25) is 15.1 Å². The standard InChI is InChI=1S/C20H21Cl3N2O2/c21-16-6-4-14(5-7-16)10-19(26)24-11-17-13-25(8-9-27-17)12-15-2-1-3-18(22)20(15)23/h1-7,17H,8-13H2,(H,24,26). The summed E-state index contributed by atoms with van der Waals surface area (Å²) < 4.78 is 5.78. The third kappa shape index (κ3) is 6.09. The number of morpholine rings is 1. The molecule has 7 heteroatoms. The van der Waals surface area contributed by atoms with Crippen LogP contribution in [0.1, 0.15) is 11.1 Å². The monoisotopic (exact) mass is 426 g/mol. The lowest BCUT2D eigenvalue weighted by atomic mass is 10.1. The molecule has 3 rings (SSSR count). The minimum atomic E-state index is -0.0501. The van der Waals surface area contributed by atoms with Gasteiger partial charge in [0.05, 0.1) is 29.2 Å². The number of benzene rings is 2. The predicted octanol–water partition coefficient (Wildman–Crippen LogP) is 4.21. The molecular weight excluding hydrogens is 407 g/mol. The van der Waals surface area contributed by atoms with E-state index in [0.717, 1.165) is 24.2 Å². The van der Waals surface area contributed by atoms with Gasteiger partial charge in [0.2, 0.25) is 5.91 Å². The Bertz CT molecular complexity index is 783. The molecule has 0 radical (unpaired) electrons. The SMILES string of the molecule is O=C(Cc1ccc(Cl)cc1)NCC1CN(Cc2cccc(Cl)c2Cl)CCO1. The molecule has 1 N–H and O–H groups in total. The molecule has 1 heterocycles. The molecule has 0 saturated carbocycles. The Hall–Kier alpha value is -1.30. The van der Waals surface area contributed by atoms with E-state index in [1.807, 2.05) is 24.3 Å². The Morgan fingerprint density at radius 3 is 2.70 bits per heavy atom. The third-order valence-electron chi connectivity index (χ3n) is 4.45. The predicted molar refractivity (Wildman–Crippen MR) is 110 cm³/mol. The van der Waals surface area contributed by atoms with Crippen molar-refractivity contribution in [2.75, 3.05) is 26.2 Å². The summed E-state index contributed by atoms with van der Waals surface area (Å²) in [6, 6.07) is 12.9. The van der Waals surface area contributed by atoms with Crippen molar-refractivity contribution in [2.24, 2.45) is 0 Å². The Morgan fingerprint density at radius 2 is 1.93 bits per heavy atom. The molecule has 1 unspecified atom stereocenters. The zero-order valence-electron chi connectivity index (χ0n) is 14.8. The number of ether oxygens (including phenoxy) is 1. The maximum Gasteiger partial charge on any atom is 0.224 e. The summed E-state index contributed by atoms with van der Waals surface area (Å²) in [5, 5.41) is 4.77. The van der Waals surface area contributed by atoms with Gasteiger partial charge in [-0.2, -0.15) is 0 Å². The minimum Gasteiger partial charge on any atom is -0.374 e. The maximum atomic E-state index is 12.1. The van der Waals surface area contributed by atoms with Gasteiger partial charge in [0.15, 0.2) is 0 Å². The van der Waals surface area contributed by atoms with E-state index in [4.69, 9.17) is 39.5 Å². The van der Waals surface area contributed by atoms with Crippen molar-refractivity contribution >= 4 is 40.7 Å². The molecule has 1 saturated heterocycles. The second kappa shape index (κ2) is 9.76. The highest BCUT2D eigenvalue weighted by atomic mass is 35.5. The summed E-state index contributed by atoms with van der Waals surface area (Å²) >= 11 is 18.2. The lowest BCUT2D eigenvalue weighted by Gasteiger charge is -2.33. The summed E-state index contributed by atoms with van der Waals surface area (Å²) in [4.78, 5) is 14.4. The summed E-state index contributed by atoms with van der Waals surface area (Å²) in [6.45, 7) is 3.35. The third-order valence-corrected chi connectivity index (χ3v) is 5.56. The molecule has 4 nitrogen and oxygen atoms in total. The van der Waals surface area contributed by atoms with Crippen molar-refractivity contribution in [3.8, 4) is 0 Å². The van der Waals surface area contributed by atoms with E-state index in [2.05, 4.69) is 10.2 Å². The smallest absolute Gasteiger partial charge is 0.224 e. The van der Waals surface area contributed by atoms with Gasteiger partial charge in [-0.25, -0.2) is 0 Å². The van der Waals surface area contributed by atoms with Crippen molar-refractivity contribution < 1.29 is 9.53 Å². The van der Waals surface area contributed by atoms with E-state index in [1.165, 1.54) is 0 Å². The number of nitrogens with one attached hydrogen (secondary N) is 1. The lowest BCUT2D eigenvalue weighted by Crippen LogP contribution is -2.47. The van der Waals surface area contributed by atoms with Gasteiger partial charge in [-0.3, -0.25) is 9.69 Å². The van der Waals surface area contributed by atoms with Crippen LogP contribution in [0.3, 0.4) is 0 Å². The van der Waals surface area contributed by atoms with Gasteiger partial charge in [-0.05, 0) is 29.3 Å². The molecule has 2 aromatic carbocycles. The van der Waals surface area contributed by atoms with Crippen LogP contribution in [0.4, 0.5) is 0 Å². The fraction of sp³-hybridized carbons (Fsp3) is 0.350. The van der Waals surface area contributed by atoms with Crippen LogP contribution < -0.4 is 5.32 Å². The zero-order chi connectivity index (χ0) is 19.2. The molecule has 27 heavy (non-hydrogen) atoms. The second-order valence-corrected chi connectivity index (χ2v) is 7.77. The van der Waals surface area contributed by atoms with E-state index in [-0.39, 0.29) is 12.0 Å². The first-order chi connectivity index (χ1) is 13.0. The van der Waals surface area contributed by atoms with Crippen LogP contribution >= 0.6 is 34.8 Å². The van der Waals surface area contributed by atoms with Crippen LogP contribution in [0.25, 0.3) is 0 Å². The van der Waals surface area contributed by atoms with Crippen LogP contribution in [0, 0.1) is 0 Å². The van der Waals surface area contributed by atoms with Gasteiger partial charge in [0.25, 0.3) is 0 Å². The molecule has 0 bridgehead atoms. The average Bonchev–Trinajstić information content (AvgIpc) is 2.66. The van der Waals surface area contributed by atoms with E-state index in [0.29, 0.717) is 41.2 Å². The van der Waals surface area contributed by atoms with Crippen molar-refractivity contribution in [3.05, 3.63) is 68.7 Å². The molecule has 1 amide bonds. The first-order valence-electron chi connectivity index (χ1n) is 8.79. The van der Waals surface area contributed by atoms with Gasteiger partial charge < -0.3 is 10.1 Å². The Kier molecular flexibility index (Phi) is 7.39. The van der Waals surface area contributed by atoms with Crippen LogP contribution in [0.5, 0.6) is 0 Å². The highest BCUT2D eigenvalue weighted by Gasteiger charge is 2.22. The fourth-order valence-electron chi connectivity index (χ4n) is 3.04. The molecule has 1 aliphatic heterocycles. The van der Waals surface area contributed by atoms with Crippen molar-refractivity contribution in [2.45, 2.75) is 19.1 Å². The number of carbonyl (C=O) groups excluding carboxylic acids is 1. The van der Waals surface area contributed by atoms with Gasteiger partial charge >= 0.3 is 0 Å². The number of halogens is 3. The zero-order valence-corrected chi connectivity index (χ0v) is 17.0. The molecule has 0 spiro atoms. The molecule has 0 aromatic heterocycles. The average molecular weight is 428 g/mol. The number of hydrogen-bond donors (Lipinski definition) is 1. The van der Waals surface area contributed by atoms with Gasteiger partial charge in [-0.15, -0.1) is 0 Å². The highest BCUT2D eigenvalue weighted by molar-refractivity contribution is 6.42. The second-order valence-electron chi connectivity index (χ2n) is 6.55. The maximum absolute atomic E-state index is 12.1. The molecule has 0 aliphatic carbocycles. The molecular formula is C20H21Cl3N2O2. The number of carbonyl (C=O) groups is 1. The quantitative estimate of drug-likeness (QED) is 0.751. The number of hydrogen-bond acceptors (Lipinski definition) is 3. The molecule has 144 valence electrons. The van der Waals surface area contributed by atoms with Gasteiger partial charge in [-0.1, -0.05) is 59.1 Å². The number of amides is 1. The topological polar surface area (TPSA) is 41.6 Å². The molecule has 1 aliphatic rings. The Morgan fingerprint density at radius 1 is 1.15 bits per heavy atom. The summed E-state index contributed by atoms with van der Waals surface area (Å²) in [5.74, 6) is -0.0315. The lowest BCUT2D eigenvalue weighted by molar-refractivity contribution is -0.121. The molecule has 2 aromatic rings. The van der Waals surface area contributed by atoms with Gasteiger partial charge in [0.1, 0.15) is 0 Å². The van der Waals surface area contributed by atoms with Crippen molar-refractivity contribution in [3.63, 3.8) is 0 Å². The molecule has 1 atom stereocenters. The highest BCUT2D eigenvalue weighted by Crippen LogP contribution is 2.26. The van der Waals surface area contributed by atoms with E-state index in [1.54, 1.807) is 18.2 Å². The van der Waals surface area contributed by atoms with Crippen LogP contribution in [0.15, 0.2) is 42.5 Å². The molecule has 1 fully saturated rings. The van der Waals surface area contributed by atoms with Crippen molar-refractivity contribution in [1.29, 1.82) is 0 Å². The first-order valence-corrected chi connectivity index (χ1v) is 9.92. The van der Waals surface area contributed by atoms with Crippen LogP contribution in [-0.4, -0.2) is 43.2 Å². The summed E-state index contributed by atoms with van der Waals surface area (Å²) in [7, 11) is 0. The Labute approximate surface area is 174 Å². The first kappa shape index (κ1) is 20.4. The Balaban J connectivity index is 1.47. The van der Waals surface area contributed by atoms with Crippen molar-refractivity contribution in [1.82, 2.24) is 10.2 Å². The number of rotatable bonds is 6. The van der Waals surface area contributed by atoms with E-state index in [9.17, 15) is 4.79 Å². The van der Waals surface area contributed by atoms with E-state index >= 15 is 0 Å². The van der Waals surface area contributed by atoms with Gasteiger partial charge in [0, 0.05) is 31.2 Å². The number of nitrogens with zero attached hydrogens (tertiary/aromatic N) is 1. The summed E-state index contributed by atoms with van der Waals surface area (Å²) in [6.07, 6.45) is 0.275. The van der Waals surface area contributed by atoms with E-state index < -0.39 is 0 Å². The summed E-state index contributed by atoms with van der Waals surface area (Å²) in [5.41, 5.74) is 1.93. The largest absolute Gasteiger partial charge is 0.374 e. The van der Waals surface area contributed by atoms with Crippen LogP contribution in [-0.2, 0) is 22.5 Å².